The molecular weight excluding hydrogens is 274 g/mol. The molecule has 0 fully saturated rings. The topological polar surface area (TPSA) is 54.0 Å². The lowest BCUT2D eigenvalue weighted by molar-refractivity contribution is 0.237. The molecule has 0 unspecified atom stereocenters. The van der Waals surface area contributed by atoms with Crippen molar-refractivity contribution in [1.29, 1.82) is 0 Å². The second-order valence-electron chi connectivity index (χ2n) is 5.50. The summed E-state index contributed by atoms with van der Waals surface area (Å²) in [5.74, 6) is 0.430. The summed E-state index contributed by atoms with van der Waals surface area (Å²) in [6.45, 7) is 4.79. The molecule has 2 rings (SSSR count). The van der Waals surface area contributed by atoms with Crippen molar-refractivity contribution in [2.75, 3.05) is 6.54 Å². The van der Waals surface area contributed by atoms with Gasteiger partial charge < -0.3 is 10.6 Å². The predicted octanol–water partition coefficient (Wildman–Crippen LogP) is 3.64. The van der Waals surface area contributed by atoms with E-state index in [0.29, 0.717) is 12.5 Å². The van der Waals surface area contributed by atoms with Gasteiger partial charge in [0.1, 0.15) is 0 Å². The van der Waals surface area contributed by atoms with Crippen LogP contribution in [0.15, 0.2) is 54.9 Å². The minimum atomic E-state index is -0.135. The van der Waals surface area contributed by atoms with Crippen LogP contribution in [0, 0.1) is 0 Å². The molecule has 0 aliphatic heterocycles. The molecule has 0 saturated carbocycles. The quantitative estimate of drug-likeness (QED) is 0.855. The molecule has 1 aromatic carbocycles. The molecule has 4 nitrogen and oxygen atoms in total. The van der Waals surface area contributed by atoms with Gasteiger partial charge in [-0.3, -0.25) is 4.98 Å². The van der Waals surface area contributed by atoms with E-state index in [1.807, 2.05) is 37.3 Å². The van der Waals surface area contributed by atoms with Crippen LogP contribution < -0.4 is 10.6 Å². The maximum Gasteiger partial charge on any atom is 0.315 e. The first-order valence-electron chi connectivity index (χ1n) is 7.66. The molecule has 0 bridgehead atoms. The largest absolute Gasteiger partial charge is 0.338 e. The van der Waals surface area contributed by atoms with Crippen LogP contribution in [-0.4, -0.2) is 17.6 Å². The SMILES string of the molecule is C[C@H](CCNC(=O)N[C@@H](C)c1ccncc1)c1ccccc1. The molecule has 0 saturated heterocycles. The highest BCUT2D eigenvalue weighted by molar-refractivity contribution is 5.74. The van der Waals surface area contributed by atoms with Crippen molar-refractivity contribution in [3.8, 4) is 0 Å². The van der Waals surface area contributed by atoms with Gasteiger partial charge in [-0.1, -0.05) is 37.3 Å². The Hall–Kier alpha value is -2.36. The molecular formula is C18H23N3O. The smallest absolute Gasteiger partial charge is 0.315 e. The van der Waals surface area contributed by atoms with Crippen molar-refractivity contribution in [2.24, 2.45) is 0 Å². The average molecular weight is 297 g/mol. The molecule has 4 heteroatoms. The van der Waals surface area contributed by atoms with E-state index in [0.717, 1.165) is 12.0 Å². The number of hydrogen-bond acceptors (Lipinski definition) is 2. The molecule has 2 aromatic rings. The first kappa shape index (κ1) is 16.0. The van der Waals surface area contributed by atoms with Crippen LogP contribution in [0.4, 0.5) is 4.79 Å². The Morgan fingerprint density at radius 1 is 1.05 bits per heavy atom. The molecule has 22 heavy (non-hydrogen) atoms. The highest BCUT2D eigenvalue weighted by Gasteiger charge is 2.09. The van der Waals surface area contributed by atoms with Gasteiger partial charge in [0, 0.05) is 18.9 Å². The molecule has 0 aliphatic rings. The standard InChI is InChI=1S/C18H23N3O/c1-14(16-6-4-3-5-7-16)8-13-20-18(22)21-15(2)17-9-11-19-12-10-17/h3-7,9-12,14-15H,8,13H2,1-2H3,(H2,20,21,22)/t14-,15+/m1/s1. The number of nitrogens with one attached hydrogen (secondary N) is 2. The fourth-order valence-corrected chi connectivity index (χ4v) is 2.33. The van der Waals surface area contributed by atoms with Crippen molar-refractivity contribution in [1.82, 2.24) is 15.6 Å². The first-order valence-corrected chi connectivity index (χ1v) is 7.66. The summed E-state index contributed by atoms with van der Waals surface area (Å²) < 4.78 is 0. The van der Waals surface area contributed by atoms with E-state index in [2.05, 4.69) is 34.7 Å². The fourth-order valence-electron chi connectivity index (χ4n) is 2.33. The molecule has 2 atom stereocenters. The second kappa shape index (κ2) is 8.17. The third kappa shape index (κ3) is 4.88. The van der Waals surface area contributed by atoms with Crippen LogP contribution in [0.5, 0.6) is 0 Å². The van der Waals surface area contributed by atoms with E-state index in [9.17, 15) is 4.79 Å². The van der Waals surface area contributed by atoms with Gasteiger partial charge in [-0.25, -0.2) is 4.79 Å². The number of aromatic nitrogens is 1. The van der Waals surface area contributed by atoms with Crippen LogP contribution in [0.2, 0.25) is 0 Å². The lowest BCUT2D eigenvalue weighted by Crippen LogP contribution is -2.37. The van der Waals surface area contributed by atoms with Crippen LogP contribution in [0.1, 0.15) is 43.4 Å². The van der Waals surface area contributed by atoms with Gasteiger partial charge in [-0.05, 0) is 42.5 Å². The lowest BCUT2D eigenvalue weighted by Gasteiger charge is -2.16. The zero-order valence-corrected chi connectivity index (χ0v) is 13.1. The van der Waals surface area contributed by atoms with Gasteiger partial charge in [0.25, 0.3) is 0 Å². The minimum Gasteiger partial charge on any atom is -0.338 e. The first-order chi connectivity index (χ1) is 10.7. The van der Waals surface area contributed by atoms with Crippen molar-refractivity contribution in [2.45, 2.75) is 32.2 Å². The number of rotatable bonds is 6. The summed E-state index contributed by atoms with van der Waals surface area (Å²) in [4.78, 5) is 15.9. The third-order valence-electron chi connectivity index (χ3n) is 3.79. The van der Waals surface area contributed by atoms with Gasteiger partial charge in [-0.15, -0.1) is 0 Å². The summed E-state index contributed by atoms with van der Waals surface area (Å²) in [6, 6.07) is 14.0. The molecule has 0 spiro atoms. The maximum absolute atomic E-state index is 11.9. The molecule has 2 N–H and O–H groups in total. The van der Waals surface area contributed by atoms with E-state index >= 15 is 0 Å². The summed E-state index contributed by atoms with van der Waals surface area (Å²) in [5, 5.41) is 5.85. The molecule has 0 aliphatic carbocycles. The number of amides is 2. The Morgan fingerprint density at radius 3 is 2.41 bits per heavy atom. The summed E-state index contributed by atoms with van der Waals surface area (Å²) >= 11 is 0. The van der Waals surface area contributed by atoms with E-state index < -0.39 is 0 Å². The predicted molar refractivity (Wildman–Crippen MR) is 88.7 cm³/mol. The second-order valence-corrected chi connectivity index (χ2v) is 5.50. The van der Waals surface area contributed by atoms with E-state index in [-0.39, 0.29) is 12.1 Å². The number of carbonyl (C=O) groups excluding carboxylic acids is 1. The van der Waals surface area contributed by atoms with Gasteiger partial charge in [0.2, 0.25) is 0 Å². The molecule has 0 radical (unpaired) electrons. The monoisotopic (exact) mass is 297 g/mol. The minimum absolute atomic E-state index is 0.0328. The molecule has 1 heterocycles. The summed E-state index contributed by atoms with van der Waals surface area (Å²) in [6.07, 6.45) is 4.38. The number of nitrogens with zero attached hydrogens (tertiary/aromatic N) is 1. The number of urea groups is 1. The Labute approximate surface area is 132 Å². The Balaban J connectivity index is 1.72. The molecule has 2 amide bonds. The summed E-state index contributed by atoms with van der Waals surface area (Å²) in [5.41, 5.74) is 2.35. The van der Waals surface area contributed by atoms with E-state index in [1.165, 1.54) is 5.56 Å². The number of carbonyl (C=O) groups is 1. The van der Waals surface area contributed by atoms with Crippen LogP contribution >= 0.6 is 0 Å². The lowest BCUT2D eigenvalue weighted by atomic mass is 9.98. The maximum atomic E-state index is 11.9. The van der Waals surface area contributed by atoms with Crippen molar-refractivity contribution < 1.29 is 4.79 Å². The number of hydrogen-bond donors (Lipinski definition) is 2. The molecule has 1 aromatic heterocycles. The van der Waals surface area contributed by atoms with Gasteiger partial charge in [0.05, 0.1) is 6.04 Å². The van der Waals surface area contributed by atoms with E-state index in [1.54, 1.807) is 12.4 Å². The number of benzene rings is 1. The fraction of sp³-hybridized carbons (Fsp3) is 0.333. The van der Waals surface area contributed by atoms with Gasteiger partial charge in [-0.2, -0.15) is 0 Å². The molecule has 116 valence electrons. The average Bonchev–Trinajstić information content (AvgIpc) is 2.56. The zero-order valence-electron chi connectivity index (χ0n) is 13.1. The Morgan fingerprint density at radius 2 is 1.73 bits per heavy atom. The summed E-state index contributed by atoms with van der Waals surface area (Å²) in [7, 11) is 0. The Bertz CT molecular complexity index is 571. The zero-order chi connectivity index (χ0) is 15.8. The Kier molecular flexibility index (Phi) is 5.95. The normalized spacial score (nSPS) is 13.2. The van der Waals surface area contributed by atoms with Gasteiger partial charge in [0.15, 0.2) is 0 Å². The van der Waals surface area contributed by atoms with Crippen molar-refractivity contribution in [3.05, 3.63) is 66.0 Å². The van der Waals surface area contributed by atoms with Crippen LogP contribution in [0.25, 0.3) is 0 Å². The van der Waals surface area contributed by atoms with Crippen molar-refractivity contribution >= 4 is 6.03 Å². The highest BCUT2D eigenvalue weighted by Crippen LogP contribution is 2.17. The van der Waals surface area contributed by atoms with Crippen LogP contribution in [0.3, 0.4) is 0 Å². The van der Waals surface area contributed by atoms with E-state index in [4.69, 9.17) is 0 Å². The van der Waals surface area contributed by atoms with Crippen LogP contribution in [-0.2, 0) is 0 Å². The number of pyridine rings is 1. The van der Waals surface area contributed by atoms with Crippen molar-refractivity contribution in [3.63, 3.8) is 0 Å². The highest BCUT2D eigenvalue weighted by atomic mass is 16.2. The third-order valence-corrected chi connectivity index (χ3v) is 3.79. The van der Waals surface area contributed by atoms with Gasteiger partial charge >= 0.3 is 6.03 Å².